The number of hydrogen-bond acceptors (Lipinski definition) is 3. The topological polar surface area (TPSA) is 29.9 Å². The van der Waals surface area contributed by atoms with Crippen LogP contribution in [0.15, 0.2) is 0 Å². The predicted octanol–water partition coefficient (Wildman–Crippen LogP) is 2.92. The van der Waals surface area contributed by atoms with E-state index in [1.165, 1.54) is 29.2 Å². The number of thioether (sulfide) groups is 1. The van der Waals surface area contributed by atoms with E-state index in [9.17, 15) is 0 Å². The lowest BCUT2D eigenvalue weighted by molar-refractivity contribution is 0.581. The average Bonchev–Trinajstić information content (AvgIpc) is 2.59. The Balaban J connectivity index is 2.68. The van der Waals surface area contributed by atoms with E-state index in [0.717, 1.165) is 12.2 Å². The molecule has 0 aliphatic rings. The highest BCUT2D eigenvalue weighted by molar-refractivity contribution is 7.99. The number of nitrogens with zero attached hydrogens (tertiary/aromatic N) is 2. The van der Waals surface area contributed by atoms with Crippen LogP contribution in [0.3, 0.4) is 0 Å². The van der Waals surface area contributed by atoms with Crippen LogP contribution in [-0.4, -0.2) is 28.3 Å². The van der Waals surface area contributed by atoms with Crippen molar-refractivity contribution in [2.45, 2.75) is 46.7 Å². The molecule has 0 fully saturated rings. The predicted molar refractivity (Wildman–Crippen MR) is 76.8 cm³/mol. The maximum absolute atomic E-state index is 4.64. The van der Waals surface area contributed by atoms with Gasteiger partial charge in [-0.25, -0.2) is 0 Å². The Hall–Kier alpha value is -0.480. The molecule has 0 amide bonds. The van der Waals surface area contributed by atoms with Gasteiger partial charge in [-0.15, -0.1) is 0 Å². The zero-order valence-corrected chi connectivity index (χ0v) is 12.5. The zero-order valence-electron chi connectivity index (χ0n) is 11.7. The maximum atomic E-state index is 4.64. The molecular weight excluding hydrogens is 230 g/mol. The number of aryl methyl sites for hydroxylation is 2. The summed E-state index contributed by atoms with van der Waals surface area (Å²) in [5.41, 5.74) is 3.83. The van der Waals surface area contributed by atoms with Crippen LogP contribution in [-0.2, 0) is 6.54 Å². The van der Waals surface area contributed by atoms with Gasteiger partial charge in [0, 0.05) is 23.8 Å². The van der Waals surface area contributed by atoms with Gasteiger partial charge in [0.25, 0.3) is 0 Å². The molecule has 0 bridgehead atoms. The molecule has 0 aliphatic heterocycles. The van der Waals surface area contributed by atoms with E-state index in [1.54, 1.807) is 0 Å². The molecule has 0 spiro atoms. The molecule has 0 aromatic carbocycles. The van der Waals surface area contributed by atoms with Gasteiger partial charge in [-0.3, -0.25) is 4.68 Å². The molecular formula is C13H25N3S. The molecule has 0 radical (unpaired) electrons. The van der Waals surface area contributed by atoms with E-state index in [4.69, 9.17) is 0 Å². The van der Waals surface area contributed by atoms with Crippen molar-refractivity contribution in [3.8, 4) is 0 Å². The van der Waals surface area contributed by atoms with Gasteiger partial charge in [0.1, 0.15) is 0 Å². The second kappa shape index (κ2) is 7.07. The van der Waals surface area contributed by atoms with Gasteiger partial charge in [-0.2, -0.15) is 16.9 Å². The van der Waals surface area contributed by atoms with Crippen LogP contribution >= 0.6 is 11.8 Å². The summed E-state index contributed by atoms with van der Waals surface area (Å²) in [5.74, 6) is 2.44. The van der Waals surface area contributed by atoms with Gasteiger partial charge >= 0.3 is 0 Å². The monoisotopic (exact) mass is 255 g/mol. The van der Waals surface area contributed by atoms with Crippen molar-refractivity contribution >= 4 is 11.8 Å². The summed E-state index contributed by atoms with van der Waals surface area (Å²) in [5, 5.41) is 7.94. The molecule has 4 heteroatoms. The fourth-order valence-corrected chi connectivity index (χ4v) is 2.78. The number of rotatable bonds is 7. The van der Waals surface area contributed by atoms with Gasteiger partial charge in [0.2, 0.25) is 0 Å². The molecule has 1 aromatic heterocycles. The SMILES string of the molecule is CCSCCCn1nc(C)c(C(C)NC)c1C. The summed E-state index contributed by atoms with van der Waals surface area (Å²) in [6.07, 6.45) is 1.20. The molecule has 1 aromatic rings. The summed E-state index contributed by atoms with van der Waals surface area (Å²) in [7, 11) is 2.00. The molecule has 98 valence electrons. The fraction of sp³-hybridized carbons (Fsp3) is 0.769. The molecule has 1 atom stereocenters. The number of aromatic nitrogens is 2. The van der Waals surface area contributed by atoms with Crippen molar-refractivity contribution in [1.29, 1.82) is 0 Å². The number of hydrogen-bond donors (Lipinski definition) is 1. The Kier molecular flexibility index (Phi) is 6.06. The summed E-state index contributed by atoms with van der Waals surface area (Å²) >= 11 is 2.00. The zero-order chi connectivity index (χ0) is 12.8. The second-order valence-corrected chi connectivity index (χ2v) is 5.76. The first-order valence-corrected chi connectivity index (χ1v) is 7.56. The summed E-state index contributed by atoms with van der Waals surface area (Å²) in [6, 6.07) is 0.383. The Morgan fingerprint density at radius 2 is 2.12 bits per heavy atom. The molecule has 3 nitrogen and oxygen atoms in total. The Morgan fingerprint density at radius 1 is 1.41 bits per heavy atom. The Labute approximate surface area is 109 Å². The average molecular weight is 255 g/mol. The van der Waals surface area contributed by atoms with Crippen LogP contribution in [0.5, 0.6) is 0 Å². The Bertz CT molecular complexity index is 347. The highest BCUT2D eigenvalue weighted by Gasteiger charge is 2.15. The molecule has 1 heterocycles. The normalized spacial score (nSPS) is 13.0. The Morgan fingerprint density at radius 3 is 2.71 bits per heavy atom. The van der Waals surface area contributed by atoms with E-state index in [1.807, 2.05) is 18.8 Å². The van der Waals surface area contributed by atoms with Crippen LogP contribution in [0, 0.1) is 13.8 Å². The standard InChI is InChI=1S/C13H25N3S/c1-6-17-9-7-8-16-12(4)13(10(2)14-5)11(3)15-16/h10,14H,6-9H2,1-5H3. The van der Waals surface area contributed by atoms with E-state index in [0.29, 0.717) is 6.04 Å². The van der Waals surface area contributed by atoms with Crippen molar-refractivity contribution in [2.75, 3.05) is 18.6 Å². The van der Waals surface area contributed by atoms with Crippen molar-refractivity contribution in [3.05, 3.63) is 17.0 Å². The van der Waals surface area contributed by atoms with Gasteiger partial charge in [0.15, 0.2) is 0 Å². The van der Waals surface area contributed by atoms with Gasteiger partial charge < -0.3 is 5.32 Å². The van der Waals surface area contributed by atoms with E-state index < -0.39 is 0 Å². The highest BCUT2D eigenvalue weighted by Crippen LogP contribution is 2.21. The molecule has 1 unspecified atom stereocenters. The van der Waals surface area contributed by atoms with Crippen LogP contribution < -0.4 is 5.32 Å². The lowest BCUT2D eigenvalue weighted by atomic mass is 10.1. The summed E-state index contributed by atoms with van der Waals surface area (Å²) < 4.78 is 2.16. The van der Waals surface area contributed by atoms with Crippen molar-refractivity contribution in [2.24, 2.45) is 0 Å². The largest absolute Gasteiger partial charge is 0.313 e. The van der Waals surface area contributed by atoms with Gasteiger partial charge in [0.05, 0.1) is 5.69 Å². The van der Waals surface area contributed by atoms with Crippen molar-refractivity contribution < 1.29 is 0 Å². The quantitative estimate of drug-likeness (QED) is 0.760. The molecule has 0 saturated heterocycles. The first-order valence-electron chi connectivity index (χ1n) is 6.40. The minimum absolute atomic E-state index is 0.383. The van der Waals surface area contributed by atoms with E-state index >= 15 is 0 Å². The molecule has 0 aliphatic carbocycles. The van der Waals surface area contributed by atoms with Crippen LogP contribution in [0.2, 0.25) is 0 Å². The minimum Gasteiger partial charge on any atom is -0.313 e. The summed E-state index contributed by atoms with van der Waals surface area (Å²) in [4.78, 5) is 0. The minimum atomic E-state index is 0.383. The lowest BCUT2D eigenvalue weighted by Crippen LogP contribution is -2.14. The number of nitrogens with one attached hydrogen (secondary N) is 1. The first kappa shape index (κ1) is 14.6. The highest BCUT2D eigenvalue weighted by atomic mass is 32.2. The van der Waals surface area contributed by atoms with Crippen molar-refractivity contribution in [1.82, 2.24) is 15.1 Å². The molecule has 17 heavy (non-hydrogen) atoms. The fourth-order valence-electron chi connectivity index (χ4n) is 2.16. The molecule has 0 saturated carbocycles. The van der Waals surface area contributed by atoms with Crippen LogP contribution in [0.4, 0.5) is 0 Å². The van der Waals surface area contributed by atoms with Gasteiger partial charge in [-0.05, 0) is 45.7 Å². The van der Waals surface area contributed by atoms with Gasteiger partial charge in [-0.1, -0.05) is 6.92 Å². The van der Waals surface area contributed by atoms with Crippen LogP contribution in [0.25, 0.3) is 0 Å². The smallest absolute Gasteiger partial charge is 0.0644 e. The third-order valence-electron chi connectivity index (χ3n) is 3.17. The third kappa shape index (κ3) is 3.75. The molecule has 1 rings (SSSR count). The van der Waals surface area contributed by atoms with Crippen LogP contribution in [0.1, 0.15) is 43.3 Å². The maximum Gasteiger partial charge on any atom is 0.0644 e. The summed E-state index contributed by atoms with van der Waals surface area (Å²) in [6.45, 7) is 9.72. The third-order valence-corrected chi connectivity index (χ3v) is 4.15. The lowest BCUT2D eigenvalue weighted by Gasteiger charge is -2.11. The second-order valence-electron chi connectivity index (χ2n) is 4.37. The molecule has 1 N–H and O–H groups in total. The van der Waals surface area contributed by atoms with Crippen molar-refractivity contribution in [3.63, 3.8) is 0 Å². The van der Waals surface area contributed by atoms with E-state index in [2.05, 4.69) is 42.8 Å². The first-order chi connectivity index (χ1) is 8.11. The van der Waals surface area contributed by atoms with E-state index in [-0.39, 0.29) is 0 Å².